The van der Waals surface area contributed by atoms with E-state index in [4.69, 9.17) is 14.2 Å². The van der Waals surface area contributed by atoms with Crippen molar-refractivity contribution in [1.82, 2.24) is 14.8 Å². The second kappa shape index (κ2) is 8.31. The molecule has 0 saturated carbocycles. The number of alkyl halides is 3. The van der Waals surface area contributed by atoms with Crippen molar-refractivity contribution in [2.24, 2.45) is 0 Å². The van der Waals surface area contributed by atoms with Gasteiger partial charge in [-0.3, -0.25) is 4.79 Å². The van der Waals surface area contributed by atoms with Gasteiger partial charge in [-0.05, 0) is 30.3 Å². The van der Waals surface area contributed by atoms with E-state index in [-0.39, 0.29) is 28.4 Å². The number of carbonyl (C=O) groups is 1. The fraction of sp³-hybridized carbons (Fsp3) is 0.211. The van der Waals surface area contributed by atoms with Crippen LogP contribution in [-0.2, 0) is 6.18 Å². The van der Waals surface area contributed by atoms with Gasteiger partial charge in [0.1, 0.15) is 12.7 Å². The topological polar surface area (TPSA) is 87.5 Å². The monoisotopic (exact) mass is 422 g/mol. The minimum Gasteiger partial charge on any atom is -0.493 e. The molecule has 0 aliphatic heterocycles. The molecule has 0 bridgehead atoms. The van der Waals surface area contributed by atoms with E-state index < -0.39 is 17.6 Å². The molecule has 1 aromatic heterocycles. The molecule has 0 saturated heterocycles. The number of benzene rings is 2. The Morgan fingerprint density at radius 3 is 2.33 bits per heavy atom. The maximum atomic E-state index is 13.2. The smallest absolute Gasteiger partial charge is 0.416 e. The molecule has 0 radical (unpaired) electrons. The number of amides is 1. The highest BCUT2D eigenvalue weighted by Crippen LogP contribution is 2.40. The minimum atomic E-state index is -4.60. The second-order valence-corrected chi connectivity index (χ2v) is 5.91. The van der Waals surface area contributed by atoms with Gasteiger partial charge in [-0.2, -0.15) is 18.3 Å². The van der Waals surface area contributed by atoms with Crippen LogP contribution in [0.2, 0.25) is 0 Å². The summed E-state index contributed by atoms with van der Waals surface area (Å²) >= 11 is 0. The molecule has 0 aliphatic carbocycles. The van der Waals surface area contributed by atoms with E-state index >= 15 is 0 Å². The fourth-order valence-electron chi connectivity index (χ4n) is 2.81. The van der Waals surface area contributed by atoms with E-state index in [1.807, 2.05) is 0 Å². The van der Waals surface area contributed by atoms with Crippen LogP contribution in [0.15, 0.2) is 43.0 Å². The molecule has 0 aliphatic rings. The third kappa shape index (κ3) is 4.00. The maximum Gasteiger partial charge on any atom is 0.416 e. The Morgan fingerprint density at radius 2 is 1.77 bits per heavy atom. The average molecular weight is 422 g/mol. The molecule has 3 aromatic rings. The number of carbonyl (C=O) groups excluding carboxylic acids is 1. The Balaban J connectivity index is 2.06. The third-order valence-electron chi connectivity index (χ3n) is 4.19. The largest absolute Gasteiger partial charge is 0.493 e. The second-order valence-electron chi connectivity index (χ2n) is 5.91. The number of rotatable bonds is 6. The van der Waals surface area contributed by atoms with Gasteiger partial charge < -0.3 is 19.5 Å². The zero-order valence-corrected chi connectivity index (χ0v) is 16.1. The molecule has 2 aromatic carbocycles. The first kappa shape index (κ1) is 21.0. The number of hydrogen-bond acceptors (Lipinski definition) is 6. The molecule has 11 heteroatoms. The van der Waals surface area contributed by atoms with Crippen LogP contribution < -0.4 is 19.5 Å². The van der Waals surface area contributed by atoms with Crippen molar-refractivity contribution < 1.29 is 32.2 Å². The highest BCUT2D eigenvalue weighted by molar-refractivity contribution is 6.08. The number of hydrogen-bond donors (Lipinski definition) is 1. The molecule has 0 unspecified atom stereocenters. The Bertz CT molecular complexity index is 1050. The van der Waals surface area contributed by atoms with Crippen molar-refractivity contribution >= 4 is 11.6 Å². The van der Waals surface area contributed by atoms with Crippen LogP contribution in [0.4, 0.5) is 18.9 Å². The van der Waals surface area contributed by atoms with Crippen LogP contribution in [0.3, 0.4) is 0 Å². The molecule has 158 valence electrons. The molecule has 30 heavy (non-hydrogen) atoms. The zero-order chi connectivity index (χ0) is 21.9. The van der Waals surface area contributed by atoms with E-state index in [1.165, 1.54) is 56.9 Å². The van der Waals surface area contributed by atoms with Gasteiger partial charge in [0.2, 0.25) is 5.75 Å². The lowest BCUT2D eigenvalue weighted by Crippen LogP contribution is -2.17. The Morgan fingerprint density at radius 1 is 1.03 bits per heavy atom. The molecular weight excluding hydrogens is 405 g/mol. The molecule has 1 amide bonds. The Labute approximate surface area is 169 Å². The first-order valence-electron chi connectivity index (χ1n) is 8.46. The summed E-state index contributed by atoms with van der Waals surface area (Å²) in [6.07, 6.45) is -2.07. The summed E-state index contributed by atoms with van der Waals surface area (Å²) in [5, 5.41) is 6.40. The summed E-state index contributed by atoms with van der Waals surface area (Å²) in [5.41, 5.74) is -0.802. The van der Waals surface area contributed by atoms with Gasteiger partial charge in [-0.25, -0.2) is 9.67 Å². The van der Waals surface area contributed by atoms with Crippen LogP contribution in [0, 0.1) is 0 Å². The van der Waals surface area contributed by atoms with Gasteiger partial charge in [0.05, 0.1) is 43.8 Å². The minimum absolute atomic E-state index is 0.0390. The van der Waals surface area contributed by atoms with Crippen molar-refractivity contribution in [3.8, 4) is 22.9 Å². The summed E-state index contributed by atoms with van der Waals surface area (Å²) in [6.45, 7) is 0. The van der Waals surface area contributed by atoms with Gasteiger partial charge in [0, 0.05) is 0 Å². The number of halogens is 3. The van der Waals surface area contributed by atoms with Crippen molar-refractivity contribution in [3.05, 3.63) is 54.1 Å². The van der Waals surface area contributed by atoms with E-state index in [9.17, 15) is 18.0 Å². The molecule has 0 fully saturated rings. The lowest BCUT2D eigenvalue weighted by Gasteiger charge is -2.17. The van der Waals surface area contributed by atoms with E-state index in [0.717, 1.165) is 12.1 Å². The highest BCUT2D eigenvalue weighted by atomic mass is 19.4. The fourth-order valence-corrected chi connectivity index (χ4v) is 2.81. The number of nitrogens with one attached hydrogen (secondary N) is 1. The van der Waals surface area contributed by atoms with Crippen molar-refractivity contribution in [3.63, 3.8) is 0 Å². The predicted octanol–water partition coefficient (Wildman–Crippen LogP) is 3.56. The zero-order valence-electron chi connectivity index (χ0n) is 16.1. The Hall–Kier alpha value is -3.76. The predicted molar refractivity (Wildman–Crippen MR) is 100 cm³/mol. The summed E-state index contributed by atoms with van der Waals surface area (Å²) in [7, 11) is 4.13. The van der Waals surface area contributed by atoms with Crippen LogP contribution in [0.5, 0.6) is 17.2 Å². The van der Waals surface area contributed by atoms with Gasteiger partial charge in [0.25, 0.3) is 5.91 Å². The summed E-state index contributed by atoms with van der Waals surface area (Å²) < 4.78 is 56.5. The molecule has 0 spiro atoms. The lowest BCUT2D eigenvalue weighted by molar-refractivity contribution is -0.137. The quantitative estimate of drug-likeness (QED) is 0.654. The van der Waals surface area contributed by atoms with Crippen LogP contribution >= 0.6 is 0 Å². The van der Waals surface area contributed by atoms with Crippen LogP contribution in [-0.4, -0.2) is 42.0 Å². The van der Waals surface area contributed by atoms with Gasteiger partial charge in [0.15, 0.2) is 11.5 Å². The maximum absolute atomic E-state index is 13.2. The van der Waals surface area contributed by atoms with E-state index in [2.05, 4.69) is 15.4 Å². The lowest BCUT2D eigenvalue weighted by atomic mass is 10.1. The van der Waals surface area contributed by atoms with Crippen LogP contribution in [0.1, 0.15) is 15.9 Å². The summed E-state index contributed by atoms with van der Waals surface area (Å²) in [4.78, 5) is 16.7. The third-order valence-corrected chi connectivity index (χ3v) is 4.19. The van der Waals surface area contributed by atoms with Crippen molar-refractivity contribution in [2.75, 3.05) is 26.6 Å². The van der Waals surface area contributed by atoms with Crippen LogP contribution in [0.25, 0.3) is 5.69 Å². The van der Waals surface area contributed by atoms with Gasteiger partial charge >= 0.3 is 6.18 Å². The molecular formula is C19H17F3N4O4. The molecule has 0 atom stereocenters. The normalized spacial score (nSPS) is 11.1. The first-order chi connectivity index (χ1) is 14.3. The molecule has 3 rings (SSSR count). The standard InChI is InChI=1S/C19H17F3N4O4/c1-28-15-7-5-12(16(29-2)17(15)30-3)18(27)25-13-8-11(19(20,21)22)4-6-14(13)26-10-23-9-24-26/h4-10H,1-3H3,(H,25,27). The van der Waals surface area contributed by atoms with Gasteiger partial charge in [-0.15, -0.1) is 0 Å². The SMILES string of the molecule is COc1ccc(C(=O)Nc2cc(C(F)(F)F)ccc2-n2cncn2)c(OC)c1OC. The number of nitrogens with zero attached hydrogens (tertiary/aromatic N) is 3. The number of methoxy groups -OCH3 is 3. The first-order valence-corrected chi connectivity index (χ1v) is 8.46. The number of aromatic nitrogens is 3. The summed E-state index contributed by atoms with van der Waals surface area (Å²) in [6, 6.07) is 5.81. The van der Waals surface area contributed by atoms with Crippen molar-refractivity contribution in [2.45, 2.75) is 6.18 Å². The van der Waals surface area contributed by atoms with E-state index in [0.29, 0.717) is 5.75 Å². The van der Waals surface area contributed by atoms with Gasteiger partial charge in [-0.1, -0.05) is 0 Å². The molecule has 8 nitrogen and oxygen atoms in total. The number of ether oxygens (including phenoxy) is 3. The number of anilines is 1. The average Bonchev–Trinajstić information content (AvgIpc) is 3.26. The molecule has 1 N–H and O–H groups in total. The summed E-state index contributed by atoms with van der Waals surface area (Å²) in [5.74, 6) is -0.140. The van der Waals surface area contributed by atoms with Crippen molar-refractivity contribution in [1.29, 1.82) is 0 Å². The molecule has 1 heterocycles. The highest BCUT2D eigenvalue weighted by Gasteiger charge is 2.32. The van der Waals surface area contributed by atoms with E-state index in [1.54, 1.807) is 0 Å². The Kier molecular flexibility index (Phi) is 5.81.